The number of anilines is 2. The van der Waals surface area contributed by atoms with E-state index < -0.39 is 0 Å². The minimum absolute atomic E-state index is 0.235. The van der Waals surface area contributed by atoms with Crippen LogP contribution in [-0.4, -0.2) is 60.8 Å². The van der Waals surface area contributed by atoms with Crippen LogP contribution in [0.1, 0.15) is 0 Å². The number of nitrogens with one attached hydrogen (secondary N) is 1. The van der Waals surface area contributed by atoms with Crippen molar-refractivity contribution < 1.29 is 9.53 Å². The van der Waals surface area contributed by atoms with E-state index in [1.54, 1.807) is 6.07 Å². The summed E-state index contributed by atoms with van der Waals surface area (Å²) in [4.78, 5) is 16.9. The Morgan fingerprint density at radius 1 is 0.970 bits per heavy atom. The van der Waals surface area contributed by atoms with Crippen LogP contribution < -0.4 is 15.0 Å². The first kappa shape index (κ1) is 23.6. The Bertz CT molecular complexity index is 1140. The number of halogens is 3. The van der Waals surface area contributed by atoms with Gasteiger partial charge in [-0.1, -0.05) is 46.9 Å². The molecule has 2 heterocycles. The van der Waals surface area contributed by atoms with E-state index >= 15 is 0 Å². The number of aromatic nitrogens is 2. The van der Waals surface area contributed by atoms with Crippen molar-refractivity contribution in [3.63, 3.8) is 0 Å². The van der Waals surface area contributed by atoms with Crippen LogP contribution in [0, 0.1) is 0 Å². The smallest absolute Gasteiger partial charge is 0.262 e. The Hall–Kier alpha value is -2.58. The van der Waals surface area contributed by atoms with Crippen LogP contribution in [-0.2, 0) is 4.79 Å². The number of rotatable bonds is 6. The first-order chi connectivity index (χ1) is 15.9. The molecule has 3 aromatic rings. The van der Waals surface area contributed by atoms with Crippen molar-refractivity contribution in [1.29, 1.82) is 0 Å². The topological polar surface area (TPSA) is 70.6 Å². The quantitative estimate of drug-likeness (QED) is 0.481. The van der Waals surface area contributed by atoms with Gasteiger partial charge in [0, 0.05) is 43.5 Å². The van der Waals surface area contributed by atoms with Crippen molar-refractivity contribution in [2.75, 3.05) is 50.1 Å². The predicted molar refractivity (Wildman–Crippen MR) is 133 cm³/mol. The Morgan fingerprint density at radius 2 is 1.73 bits per heavy atom. The molecule has 0 unspecified atom stereocenters. The van der Waals surface area contributed by atoms with Gasteiger partial charge in [-0.05, 0) is 37.4 Å². The SMILES string of the molecule is CN1CCN(c2ccc(-c3cccc(NC(=O)COc4cc(Cl)c(Cl)cc4Cl)c3)nn2)CC1. The monoisotopic (exact) mass is 505 g/mol. The van der Waals surface area contributed by atoms with Gasteiger partial charge in [0.25, 0.3) is 5.91 Å². The fourth-order valence-electron chi connectivity index (χ4n) is 3.39. The molecule has 0 bridgehead atoms. The second-order valence-corrected chi connectivity index (χ2v) is 8.90. The van der Waals surface area contributed by atoms with Gasteiger partial charge < -0.3 is 19.9 Å². The van der Waals surface area contributed by atoms with E-state index in [4.69, 9.17) is 39.5 Å². The van der Waals surface area contributed by atoms with Crippen LogP contribution in [0.2, 0.25) is 15.1 Å². The van der Waals surface area contributed by atoms with E-state index in [0.717, 1.165) is 43.3 Å². The molecule has 7 nitrogen and oxygen atoms in total. The summed E-state index contributed by atoms with van der Waals surface area (Å²) < 4.78 is 5.48. The van der Waals surface area contributed by atoms with Gasteiger partial charge >= 0.3 is 0 Å². The normalized spacial score (nSPS) is 14.2. The Kier molecular flexibility index (Phi) is 7.55. The third-order valence-electron chi connectivity index (χ3n) is 5.25. The summed E-state index contributed by atoms with van der Waals surface area (Å²) >= 11 is 18.0. The minimum Gasteiger partial charge on any atom is -0.482 e. The van der Waals surface area contributed by atoms with E-state index in [-0.39, 0.29) is 23.3 Å². The standard InChI is InChI=1S/C23H22Cl3N5O2/c1-30-7-9-31(10-8-30)22-6-5-20(28-29-22)15-3-2-4-16(11-15)27-23(32)14-33-21-13-18(25)17(24)12-19(21)26/h2-6,11-13H,7-10,14H2,1H3,(H,27,32). The third-order valence-corrected chi connectivity index (χ3v) is 6.27. The fraction of sp³-hybridized carbons (Fsp3) is 0.261. The lowest BCUT2D eigenvalue weighted by Crippen LogP contribution is -2.44. The fourth-order valence-corrected chi connectivity index (χ4v) is 3.99. The van der Waals surface area contributed by atoms with Gasteiger partial charge in [0.15, 0.2) is 12.4 Å². The molecule has 1 aromatic heterocycles. The molecule has 1 amide bonds. The van der Waals surface area contributed by atoms with Gasteiger partial charge in [0.2, 0.25) is 0 Å². The Labute approximate surface area is 207 Å². The Balaban J connectivity index is 1.37. The maximum Gasteiger partial charge on any atom is 0.262 e. The van der Waals surface area contributed by atoms with E-state index in [0.29, 0.717) is 15.7 Å². The summed E-state index contributed by atoms with van der Waals surface area (Å²) in [5, 5.41) is 12.5. The van der Waals surface area contributed by atoms with Crippen molar-refractivity contribution in [2.24, 2.45) is 0 Å². The molecule has 0 atom stereocenters. The first-order valence-corrected chi connectivity index (χ1v) is 11.5. The minimum atomic E-state index is -0.342. The molecule has 0 spiro atoms. The molecular weight excluding hydrogens is 485 g/mol. The molecule has 0 saturated carbocycles. The van der Waals surface area contributed by atoms with Gasteiger partial charge in [-0.25, -0.2) is 0 Å². The number of likely N-dealkylation sites (N-methyl/N-ethyl adjacent to an activating group) is 1. The summed E-state index contributed by atoms with van der Waals surface area (Å²) in [5.41, 5.74) is 2.19. The van der Waals surface area contributed by atoms with Gasteiger partial charge in [0.05, 0.1) is 20.8 Å². The average molecular weight is 507 g/mol. The van der Waals surface area contributed by atoms with Crippen molar-refractivity contribution in [3.8, 4) is 17.0 Å². The number of benzene rings is 2. The van der Waals surface area contributed by atoms with E-state index in [1.165, 1.54) is 12.1 Å². The molecule has 1 aliphatic rings. The van der Waals surface area contributed by atoms with Crippen LogP contribution in [0.25, 0.3) is 11.3 Å². The molecule has 1 saturated heterocycles. The van der Waals surface area contributed by atoms with E-state index in [9.17, 15) is 4.79 Å². The molecule has 4 rings (SSSR count). The number of hydrogen-bond acceptors (Lipinski definition) is 6. The molecule has 10 heteroatoms. The maximum atomic E-state index is 12.4. The molecule has 2 aromatic carbocycles. The number of carbonyl (C=O) groups is 1. The van der Waals surface area contributed by atoms with Gasteiger partial charge in [0.1, 0.15) is 5.75 Å². The summed E-state index contributed by atoms with van der Waals surface area (Å²) in [6.07, 6.45) is 0. The maximum absolute atomic E-state index is 12.4. The van der Waals surface area contributed by atoms with Crippen molar-refractivity contribution in [1.82, 2.24) is 15.1 Å². The summed E-state index contributed by atoms with van der Waals surface area (Å²) in [5.74, 6) is 0.811. The van der Waals surface area contributed by atoms with E-state index in [2.05, 4.69) is 32.4 Å². The highest BCUT2D eigenvalue weighted by atomic mass is 35.5. The molecular formula is C23H22Cl3N5O2. The highest BCUT2D eigenvalue weighted by Gasteiger charge is 2.16. The van der Waals surface area contributed by atoms with Crippen molar-refractivity contribution >= 4 is 52.2 Å². The zero-order chi connectivity index (χ0) is 23.4. The highest BCUT2D eigenvalue weighted by molar-refractivity contribution is 6.43. The number of hydrogen-bond donors (Lipinski definition) is 1. The second kappa shape index (κ2) is 10.6. The third kappa shape index (κ3) is 6.06. The number of carbonyl (C=O) groups excluding carboxylic acids is 1. The molecule has 0 aliphatic carbocycles. The van der Waals surface area contributed by atoms with Crippen LogP contribution in [0.4, 0.5) is 11.5 Å². The summed E-state index contributed by atoms with van der Waals surface area (Å²) in [7, 11) is 2.12. The summed E-state index contributed by atoms with van der Waals surface area (Å²) in [6, 6.07) is 14.3. The molecule has 1 N–H and O–H groups in total. The largest absolute Gasteiger partial charge is 0.482 e. The Morgan fingerprint density at radius 3 is 2.45 bits per heavy atom. The first-order valence-electron chi connectivity index (χ1n) is 10.3. The number of piperazine rings is 1. The average Bonchev–Trinajstić information content (AvgIpc) is 2.81. The lowest BCUT2D eigenvalue weighted by molar-refractivity contribution is -0.118. The molecule has 1 aliphatic heterocycles. The van der Waals surface area contributed by atoms with Crippen LogP contribution in [0.3, 0.4) is 0 Å². The number of nitrogens with zero attached hydrogens (tertiary/aromatic N) is 4. The zero-order valence-corrected chi connectivity index (χ0v) is 20.2. The van der Waals surface area contributed by atoms with Gasteiger partial charge in [-0.15, -0.1) is 10.2 Å². The van der Waals surface area contributed by atoms with Crippen LogP contribution in [0.15, 0.2) is 48.5 Å². The van der Waals surface area contributed by atoms with Crippen molar-refractivity contribution in [2.45, 2.75) is 0 Å². The number of ether oxygens (including phenoxy) is 1. The predicted octanol–water partition coefficient (Wildman–Crippen LogP) is 4.87. The van der Waals surface area contributed by atoms with Crippen molar-refractivity contribution in [3.05, 3.63) is 63.6 Å². The van der Waals surface area contributed by atoms with E-state index in [1.807, 2.05) is 30.3 Å². The highest BCUT2D eigenvalue weighted by Crippen LogP contribution is 2.33. The molecule has 0 radical (unpaired) electrons. The molecule has 1 fully saturated rings. The lowest BCUT2D eigenvalue weighted by atomic mass is 10.1. The summed E-state index contributed by atoms with van der Waals surface area (Å²) in [6.45, 7) is 3.64. The van der Waals surface area contributed by atoms with Gasteiger partial charge in [-0.3, -0.25) is 4.79 Å². The zero-order valence-electron chi connectivity index (χ0n) is 17.9. The second-order valence-electron chi connectivity index (χ2n) is 7.68. The lowest BCUT2D eigenvalue weighted by Gasteiger charge is -2.32. The van der Waals surface area contributed by atoms with Crippen LogP contribution >= 0.6 is 34.8 Å². The molecule has 172 valence electrons. The molecule has 33 heavy (non-hydrogen) atoms. The number of amides is 1. The van der Waals surface area contributed by atoms with Gasteiger partial charge in [-0.2, -0.15) is 0 Å². The van der Waals surface area contributed by atoms with Crippen LogP contribution in [0.5, 0.6) is 5.75 Å².